The molecule has 186 valence electrons. The van der Waals surface area contributed by atoms with E-state index in [9.17, 15) is 4.79 Å². The Balaban J connectivity index is 1.37. The molecule has 4 aromatic carbocycles. The van der Waals surface area contributed by atoms with E-state index in [2.05, 4.69) is 23.3 Å². The maximum Gasteiger partial charge on any atom is 0.271 e. The van der Waals surface area contributed by atoms with E-state index in [0.717, 1.165) is 27.5 Å². The zero-order valence-electron chi connectivity index (χ0n) is 20.4. The second-order valence-electron chi connectivity index (χ2n) is 9.45. The number of aromatic nitrogens is 3. The van der Waals surface area contributed by atoms with Crippen LogP contribution in [0.5, 0.6) is 5.75 Å². The first-order chi connectivity index (χ1) is 18.7. The number of rotatable bonds is 5. The number of β-lactam (4-membered cyclic amide) rings is 1. The number of benzene rings is 4. The largest absolute Gasteiger partial charge is 0.478 e. The normalized spacial score (nSPS) is 22.1. The molecule has 3 atom stereocenters. The van der Waals surface area contributed by atoms with E-state index in [1.807, 2.05) is 108 Å². The zero-order valence-corrected chi connectivity index (χ0v) is 21.2. The molecule has 6 nitrogen and oxygen atoms in total. The van der Waals surface area contributed by atoms with Crippen molar-refractivity contribution in [3.63, 3.8) is 0 Å². The molecule has 2 aliphatic rings. The summed E-state index contributed by atoms with van der Waals surface area (Å²) in [5, 5.41) is 9.42. The molecule has 5 aromatic rings. The number of hydrogen-bond acceptors (Lipinski definition) is 5. The third-order valence-electron chi connectivity index (χ3n) is 7.25. The van der Waals surface area contributed by atoms with Gasteiger partial charge in [-0.2, -0.15) is 15.0 Å². The Morgan fingerprint density at radius 3 is 2.24 bits per heavy atom. The number of amides is 1. The van der Waals surface area contributed by atoms with Crippen LogP contribution in [-0.4, -0.2) is 27.0 Å². The lowest BCUT2D eigenvalue weighted by atomic mass is 9.71. The van der Waals surface area contributed by atoms with Gasteiger partial charge in [0.1, 0.15) is 11.3 Å². The second kappa shape index (κ2) is 9.19. The van der Waals surface area contributed by atoms with Crippen LogP contribution < -0.4 is 9.64 Å². The highest BCUT2D eigenvalue weighted by Crippen LogP contribution is 2.59. The molecule has 1 aromatic heterocycles. The molecule has 0 spiro atoms. The lowest BCUT2D eigenvalue weighted by Crippen LogP contribution is -2.74. The van der Waals surface area contributed by atoms with E-state index in [1.54, 1.807) is 16.6 Å². The average molecular weight is 517 g/mol. The first kappa shape index (κ1) is 22.8. The molecule has 0 bridgehead atoms. The molecule has 1 amide bonds. The standard InChI is InChI=1S/C31H24N4O2S/c36-30-29(37-24-16-8-3-9-17-24)31(22-12-4-1-5-13-22)20-28(38-27-19-11-10-18-26(27)34(30)31)25-21-32-35(33-25)23-14-6-2-7-15-23/h1-19,21,28-29H,20H2. The van der Waals surface area contributed by atoms with Crippen molar-refractivity contribution < 1.29 is 9.53 Å². The molecule has 2 aliphatic heterocycles. The minimum Gasteiger partial charge on any atom is -0.478 e. The number of anilines is 1. The highest BCUT2D eigenvalue weighted by atomic mass is 32.2. The fourth-order valence-electron chi connectivity index (χ4n) is 5.50. The number of carbonyl (C=O) groups excluding carboxylic acids is 1. The fraction of sp³-hybridized carbons (Fsp3) is 0.129. The van der Waals surface area contributed by atoms with E-state index in [-0.39, 0.29) is 11.2 Å². The van der Waals surface area contributed by atoms with Gasteiger partial charge in [0.2, 0.25) is 6.10 Å². The predicted molar refractivity (Wildman–Crippen MR) is 147 cm³/mol. The van der Waals surface area contributed by atoms with Crippen LogP contribution in [0.25, 0.3) is 5.69 Å². The van der Waals surface area contributed by atoms with Crippen molar-refractivity contribution in [2.45, 2.75) is 28.2 Å². The van der Waals surface area contributed by atoms with Gasteiger partial charge in [0, 0.05) is 4.90 Å². The lowest BCUT2D eigenvalue weighted by Gasteiger charge is -2.56. The van der Waals surface area contributed by atoms with E-state index >= 15 is 0 Å². The molecule has 0 aliphatic carbocycles. The third-order valence-corrected chi connectivity index (χ3v) is 8.54. The smallest absolute Gasteiger partial charge is 0.271 e. The van der Waals surface area contributed by atoms with Crippen LogP contribution in [0, 0.1) is 0 Å². The summed E-state index contributed by atoms with van der Waals surface area (Å²) in [6, 6.07) is 37.8. The fourth-order valence-corrected chi connectivity index (χ4v) is 6.81. The number of fused-ring (bicyclic) bond motifs is 3. The van der Waals surface area contributed by atoms with Gasteiger partial charge >= 0.3 is 0 Å². The Kier molecular flexibility index (Phi) is 5.51. The van der Waals surface area contributed by atoms with Crippen LogP contribution in [-0.2, 0) is 10.3 Å². The average Bonchev–Trinajstić information content (AvgIpc) is 3.43. The van der Waals surface area contributed by atoms with E-state index in [0.29, 0.717) is 12.2 Å². The summed E-state index contributed by atoms with van der Waals surface area (Å²) in [6.07, 6.45) is 1.79. The number of thioether (sulfide) groups is 1. The van der Waals surface area contributed by atoms with Gasteiger partial charge in [0.05, 0.1) is 28.5 Å². The van der Waals surface area contributed by atoms with E-state index in [4.69, 9.17) is 9.84 Å². The maximum atomic E-state index is 13.9. The SMILES string of the molecule is O=C1C(Oc2ccccc2)C2(c3ccccc3)CC(c3cnn(-c4ccccc4)n3)Sc3ccccc3N12. The Bertz CT molecular complexity index is 1590. The number of hydrogen-bond donors (Lipinski definition) is 0. The van der Waals surface area contributed by atoms with Crippen molar-refractivity contribution in [3.05, 3.63) is 133 Å². The molecule has 38 heavy (non-hydrogen) atoms. The number of nitrogens with zero attached hydrogens (tertiary/aromatic N) is 4. The van der Waals surface area contributed by atoms with Crippen molar-refractivity contribution in [3.8, 4) is 11.4 Å². The first-order valence-electron chi connectivity index (χ1n) is 12.6. The van der Waals surface area contributed by atoms with Crippen LogP contribution in [0.3, 0.4) is 0 Å². The third kappa shape index (κ3) is 3.62. The quantitative estimate of drug-likeness (QED) is 0.261. The monoisotopic (exact) mass is 516 g/mol. The molecule has 0 radical (unpaired) electrons. The molecule has 0 N–H and O–H groups in total. The topological polar surface area (TPSA) is 60.2 Å². The minimum absolute atomic E-state index is 0.0423. The second-order valence-corrected chi connectivity index (χ2v) is 10.7. The van der Waals surface area contributed by atoms with Crippen LogP contribution in [0.4, 0.5) is 5.69 Å². The summed E-state index contributed by atoms with van der Waals surface area (Å²) in [5.41, 5.74) is 3.00. The summed E-state index contributed by atoms with van der Waals surface area (Å²) in [7, 11) is 0. The zero-order chi connectivity index (χ0) is 25.5. The van der Waals surface area contributed by atoms with E-state index in [1.165, 1.54) is 0 Å². The molecule has 3 heterocycles. The summed E-state index contributed by atoms with van der Waals surface area (Å²) in [6.45, 7) is 0. The van der Waals surface area contributed by atoms with Gasteiger partial charge in [-0.05, 0) is 48.4 Å². The van der Waals surface area contributed by atoms with Gasteiger partial charge in [-0.25, -0.2) is 0 Å². The summed E-state index contributed by atoms with van der Waals surface area (Å²) >= 11 is 1.73. The van der Waals surface area contributed by atoms with Gasteiger partial charge in [-0.3, -0.25) is 9.69 Å². The van der Waals surface area contributed by atoms with Gasteiger partial charge in [-0.15, -0.1) is 11.8 Å². The highest BCUT2D eigenvalue weighted by Gasteiger charge is 2.65. The van der Waals surface area contributed by atoms with Crippen molar-refractivity contribution in [1.82, 2.24) is 15.0 Å². The molecular formula is C31H24N4O2S. The molecule has 7 heteroatoms. The highest BCUT2D eigenvalue weighted by molar-refractivity contribution is 7.99. The van der Waals surface area contributed by atoms with Crippen LogP contribution in [0.15, 0.2) is 126 Å². The lowest BCUT2D eigenvalue weighted by molar-refractivity contribution is -0.142. The first-order valence-corrected chi connectivity index (χ1v) is 13.5. The predicted octanol–water partition coefficient (Wildman–Crippen LogP) is 6.19. The van der Waals surface area contributed by atoms with Crippen molar-refractivity contribution in [2.24, 2.45) is 0 Å². The van der Waals surface area contributed by atoms with Gasteiger partial charge in [-0.1, -0.05) is 78.9 Å². The molecule has 1 fully saturated rings. The van der Waals surface area contributed by atoms with Gasteiger partial charge in [0.25, 0.3) is 5.91 Å². The van der Waals surface area contributed by atoms with Gasteiger partial charge < -0.3 is 4.74 Å². The minimum atomic E-state index is -0.713. The van der Waals surface area contributed by atoms with Gasteiger partial charge in [0.15, 0.2) is 0 Å². The maximum absolute atomic E-state index is 13.9. The van der Waals surface area contributed by atoms with Crippen molar-refractivity contribution >= 4 is 23.4 Å². The Morgan fingerprint density at radius 1 is 0.816 bits per heavy atom. The molecule has 3 unspecified atom stereocenters. The summed E-state index contributed by atoms with van der Waals surface area (Å²) in [4.78, 5) is 18.5. The summed E-state index contributed by atoms with van der Waals surface area (Å²) in [5.74, 6) is 0.636. The van der Waals surface area contributed by atoms with Crippen molar-refractivity contribution in [1.29, 1.82) is 0 Å². The summed E-state index contributed by atoms with van der Waals surface area (Å²) < 4.78 is 6.48. The molecular weight excluding hydrogens is 492 g/mol. The Morgan fingerprint density at radius 2 is 1.47 bits per heavy atom. The van der Waals surface area contributed by atoms with Crippen LogP contribution in [0.2, 0.25) is 0 Å². The number of para-hydroxylation sites is 3. The molecule has 1 saturated heterocycles. The van der Waals surface area contributed by atoms with Crippen LogP contribution >= 0.6 is 11.8 Å². The van der Waals surface area contributed by atoms with Crippen molar-refractivity contribution in [2.75, 3.05) is 4.90 Å². The van der Waals surface area contributed by atoms with E-state index < -0.39 is 11.6 Å². The Labute approximate surface area is 224 Å². The molecule has 7 rings (SSSR count). The number of carbonyl (C=O) groups is 1. The number of ether oxygens (including phenoxy) is 1. The Hall–Kier alpha value is -4.36. The molecule has 0 saturated carbocycles. The van der Waals surface area contributed by atoms with Crippen LogP contribution in [0.1, 0.15) is 22.9 Å².